The molecule has 1 aromatic heterocycles. The molecule has 0 unspecified atom stereocenters. The van der Waals surface area contributed by atoms with Crippen LogP contribution in [0.1, 0.15) is 11.4 Å². The van der Waals surface area contributed by atoms with Gasteiger partial charge in [0, 0.05) is 11.3 Å². The predicted molar refractivity (Wildman–Crippen MR) is 62.6 cm³/mol. The smallest absolute Gasteiger partial charge is 0.137 e. The summed E-state index contributed by atoms with van der Waals surface area (Å²) in [7, 11) is 0. The maximum Gasteiger partial charge on any atom is 0.137 e. The van der Waals surface area contributed by atoms with Gasteiger partial charge in [0.15, 0.2) is 0 Å². The van der Waals surface area contributed by atoms with Gasteiger partial charge in [-0.1, -0.05) is 30.3 Å². The highest BCUT2D eigenvalue weighted by molar-refractivity contribution is 7.79. The normalized spacial score (nSPS) is 10.5. The Balaban J connectivity index is 2.42. The van der Waals surface area contributed by atoms with E-state index >= 15 is 0 Å². The number of H-pyrrole nitrogens is 1. The molecule has 2 rings (SSSR count). The van der Waals surface area contributed by atoms with Gasteiger partial charge in [0.1, 0.15) is 5.82 Å². The molecule has 0 spiro atoms. The molecule has 15 heavy (non-hydrogen) atoms. The number of nitrogens with one attached hydrogen (secondary N) is 1. The molecule has 3 nitrogen and oxygen atoms in total. The number of nitrogens with zero attached hydrogens (tertiary/aromatic N) is 1. The van der Waals surface area contributed by atoms with Crippen LogP contribution >= 0.6 is 12.6 Å². The number of rotatable bonds is 3. The van der Waals surface area contributed by atoms with E-state index in [4.69, 9.17) is 5.11 Å². The van der Waals surface area contributed by atoms with Crippen molar-refractivity contribution >= 4 is 12.6 Å². The highest BCUT2D eigenvalue weighted by Crippen LogP contribution is 2.18. The zero-order valence-electron chi connectivity index (χ0n) is 8.14. The summed E-state index contributed by atoms with van der Waals surface area (Å²) in [6.07, 6.45) is 0. The first-order valence-corrected chi connectivity index (χ1v) is 5.33. The Morgan fingerprint density at radius 3 is 2.53 bits per heavy atom. The molecular weight excluding hydrogens is 208 g/mol. The average molecular weight is 220 g/mol. The number of aromatic amines is 1. The van der Waals surface area contributed by atoms with Gasteiger partial charge in [-0.15, -0.1) is 0 Å². The topological polar surface area (TPSA) is 48.9 Å². The Morgan fingerprint density at radius 2 is 2.00 bits per heavy atom. The van der Waals surface area contributed by atoms with E-state index in [-0.39, 0.29) is 6.61 Å². The lowest BCUT2D eigenvalue weighted by Crippen LogP contribution is -1.88. The fourth-order valence-corrected chi connectivity index (χ4v) is 1.70. The number of aromatic nitrogens is 2. The summed E-state index contributed by atoms with van der Waals surface area (Å²) in [6.45, 7) is -0.0563. The van der Waals surface area contributed by atoms with Crippen LogP contribution < -0.4 is 0 Å². The van der Waals surface area contributed by atoms with Crippen molar-refractivity contribution in [2.24, 2.45) is 0 Å². The van der Waals surface area contributed by atoms with Crippen molar-refractivity contribution in [1.82, 2.24) is 9.97 Å². The third-order valence-corrected chi connectivity index (χ3v) is 2.54. The zero-order valence-corrected chi connectivity index (χ0v) is 9.04. The Bertz CT molecular complexity index is 418. The van der Waals surface area contributed by atoms with E-state index < -0.39 is 0 Å². The standard InChI is InChI=1S/C11H12N2OS/c14-6-9-10(7-15)13-11(12-9)8-4-2-1-3-5-8/h1-5,14-15H,6-7H2,(H,12,13). The fraction of sp³-hybridized carbons (Fsp3) is 0.182. The first-order chi connectivity index (χ1) is 7.35. The van der Waals surface area contributed by atoms with Crippen molar-refractivity contribution in [3.05, 3.63) is 41.7 Å². The minimum absolute atomic E-state index is 0.0563. The molecule has 0 aliphatic carbocycles. The van der Waals surface area contributed by atoms with Gasteiger partial charge in [-0.3, -0.25) is 0 Å². The van der Waals surface area contributed by atoms with Crippen molar-refractivity contribution in [1.29, 1.82) is 0 Å². The van der Waals surface area contributed by atoms with Crippen LogP contribution in [0, 0.1) is 0 Å². The third kappa shape index (κ3) is 2.06. The summed E-state index contributed by atoms with van der Waals surface area (Å²) in [5.74, 6) is 1.33. The molecule has 0 saturated heterocycles. The highest BCUT2D eigenvalue weighted by atomic mass is 32.1. The number of hydrogen-bond donors (Lipinski definition) is 3. The van der Waals surface area contributed by atoms with E-state index in [1.807, 2.05) is 30.3 Å². The SMILES string of the molecule is OCc1nc(-c2ccccc2)[nH]c1CS. The third-order valence-electron chi connectivity index (χ3n) is 2.22. The molecule has 0 fully saturated rings. The molecule has 2 aromatic rings. The van der Waals surface area contributed by atoms with Gasteiger partial charge in [-0.2, -0.15) is 12.6 Å². The molecule has 4 heteroatoms. The summed E-state index contributed by atoms with van der Waals surface area (Å²) in [5, 5.41) is 9.09. The van der Waals surface area contributed by atoms with E-state index in [9.17, 15) is 0 Å². The van der Waals surface area contributed by atoms with E-state index in [0.717, 1.165) is 17.1 Å². The van der Waals surface area contributed by atoms with E-state index in [1.165, 1.54) is 0 Å². The summed E-state index contributed by atoms with van der Waals surface area (Å²) in [4.78, 5) is 7.47. The average Bonchev–Trinajstić information content (AvgIpc) is 2.73. The quantitative estimate of drug-likeness (QED) is 0.693. The molecule has 78 valence electrons. The van der Waals surface area contributed by atoms with Gasteiger partial charge < -0.3 is 10.1 Å². The van der Waals surface area contributed by atoms with Crippen LogP contribution in [0.25, 0.3) is 11.4 Å². The second-order valence-corrected chi connectivity index (χ2v) is 3.51. The maximum atomic E-state index is 9.09. The minimum Gasteiger partial charge on any atom is -0.390 e. The summed E-state index contributed by atoms with van der Waals surface area (Å²) < 4.78 is 0. The molecule has 0 aliphatic heterocycles. The summed E-state index contributed by atoms with van der Waals surface area (Å²) >= 11 is 4.18. The molecule has 0 bridgehead atoms. The van der Waals surface area contributed by atoms with Gasteiger partial charge in [-0.25, -0.2) is 4.98 Å². The Hall–Kier alpha value is -1.26. The molecule has 0 amide bonds. The van der Waals surface area contributed by atoms with Gasteiger partial charge in [0.25, 0.3) is 0 Å². The minimum atomic E-state index is -0.0563. The zero-order chi connectivity index (χ0) is 10.7. The number of imidazole rings is 1. The second-order valence-electron chi connectivity index (χ2n) is 3.19. The summed E-state index contributed by atoms with van der Waals surface area (Å²) in [5.41, 5.74) is 2.56. The largest absolute Gasteiger partial charge is 0.390 e. The lowest BCUT2D eigenvalue weighted by Gasteiger charge is -1.94. The molecule has 0 aliphatic rings. The van der Waals surface area contributed by atoms with E-state index in [1.54, 1.807) is 0 Å². The van der Waals surface area contributed by atoms with Crippen molar-refractivity contribution in [3.63, 3.8) is 0 Å². The predicted octanol–water partition coefficient (Wildman–Crippen LogP) is 2.00. The molecule has 1 aromatic carbocycles. The van der Waals surface area contributed by atoms with Crippen LogP contribution in [0.3, 0.4) is 0 Å². The van der Waals surface area contributed by atoms with Crippen molar-refractivity contribution < 1.29 is 5.11 Å². The molecule has 0 saturated carbocycles. The Labute approximate surface area is 93.6 Å². The van der Waals surface area contributed by atoms with Crippen LogP contribution in [0.4, 0.5) is 0 Å². The molecular formula is C11H12N2OS. The van der Waals surface area contributed by atoms with Crippen molar-refractivity contribution in [2.45, 2.75) is 12.4 Å². The molecule has 0 radical (unpaired) electrons. The van der Waals surface area contributed by atoms with Gasteiger partial charge in [0.2, 0.25) is 0 Å². The monoisotopic (exact) mass is 220 g/mol. The van der Waals surface area contributed by atoms with Crippen LogP contribution in [0.2, 0.25) is 0 Å². The lowest BCUT2D eigenvalue weighted by atomic mass is 10.2. The van der Waals surface area contributed by atoms with Crippen LogP contribution in [0.5, 0.6) is 0 Å². The van der Waals surface area contributed by atoms with E-state index in [2.05, 4.69) is 22.6 Å². The second kappa shape index (κ2) is 4.51. The molecule has 0 atom stereocenters. The number of benzene rings is 1. The van der Waals surface area contributed by atoms with Gasteiger partial charge in [0.05, 0.1) is 18.0 Å². The van der Waals surface area contributed by atoms with Gasteiger partial charge >= 0.3 is 0 Å². The number of hydrogen-bond acceptors (Lipinski definition) is 3. The Morgan fingerprint density at radius 1 is 1.27 bits per heavy atom. The van der Waals surface area contributed by atoms with Crippen LogP contribution in [-0.4, -0.2) is 15.1 Å². The van der Waals surface area contributed by atoms with Gasteiger partial charge in [-0.05, 0) is 0 Å². The molecule has 2 N–H and O–H groups in total. The maximum absolute atomic E-state index is 9.09. The number of thiol groups is 1. The van der Waals surface area contributed by atoms with Crippen molar-refractivity contribution in [2.75, 3.05) is 0 Å². The highest BCUT2D eigenvalue weighted by Gasteiger charge is 2.08. The fourth-order valence-electron chi connectivity index (χ4n) is 1.44. The lowest BCUT2D eigenvalue weighted by molar-refractivity contribution is 0.276. The Kier molecular flexibility index (Phi) is 3.08. The van der Waals surface area contributed by atoms with E-state index in [0.29, 0.717) is 11.4 Å². The first-order valence-electron chi connectivity index (χ1n) is 4.70. The summed E-state index contributed by atoms with van der Waals surface area (Å²) in [6, 6.07) is 9.82. The van der Waals surface area contributed by atoms with Crippen molar-refractivity contribution in [3.8, 4) is 11.4 Å². The molecule has 1 heterocycles. The van der Waals surface area contributed by atoms with Crippen LogP contribution in [0.15, 0.2) is 30.3 Å². The van der Waals surface area contributed by atoms with Crippen LogP contribution in [-0.2, 0) is 12.4 Å². The number of aliphatic hydroxyl groups is 1. The first kappa shape index (κ1) is 10.3. The number of aliphatic hydroxyl groups excluding tert-OH is 1.